The van der Waals surface area contributed by atoms with Crippen LogP contribution in [0.3, 0.4) is 0 Å². The highest BCUT2D eigenvalue weighted by atomic mass is 16.3. The first-order valence-electron chi connectivity index (χ1n) is 6.04. The highest BCUT2D eigenvalue weighted by Gasteiger charge is 2.09. The Balaban J connectivity index is 2.26. The van der Waals surface area contributed by atoms with Crippen molar-refractivity contribution in [2.75, 3.05) is 24.3 Å². The third kappa shape index (κ3) is 3.38. The van der Waals surface area contributed by atoms with Crippen molar-refractivity contribution in [2.45, 2.75) is 19.4 Å². The lowest BCUT2D eigenvalue weighted by Gasteiger charge is -2.13. The fourth-order valence-electron chi connectivity index (χ4n) is 1.52. The number of rotatable bonds is 6. The van der Waals surface area contributed by atoms with Crippen LogP contribution >= 0.6 is 0 Å². The second-order valence-corrected chi connectivity index (χ2v) is 4.04. The van der Waals surface area contributed by atoms with Crippen LogP contribution in [-0.2, 0) is 0 Å². The number of anilines is 2. The highest BCUT2D eigenvalue weighted by Crippen LogP contribution is 2.09. The van der Waals surface area contributed by atoms with Gasteiger partial charge in [-0.25, -0.2) is 4.68 Å². The normalized spacial score (nSPS) is 12.2. The predicted octanol–water partition coefficient (Wildman–Crippen LogP) is 0.282. The number of hydrogen-bond acceptors (Lipinski definition) is 7. The molecule has 2 rings (SSSR count). The van der Waals surface area contributed by atoms with Gasteiger partial charge in [0.1, 0.15) is 0 Å². The first-order valence-corrected chi connectivity index (χ1v) is 6.04. The van der Waals surface area contributed by atoms with E-state index in [0.717, 1.165) is 0 Å². The van der Waals surface area contributed by atoms with E-state index < -0.39 is 0 Å². The van der Waals surface area contributed by atoms with E-state index in [1.807, 2.05) is 6.92 Å². The van der Waals surface area contributed by atoms with Gasteiger partial charge in [-0.1, -0.05) is 0 Å². The van der Waals surface area contributed by atoms with Crippen LogP contribution in [0.2, 0.25) is 0 Å². The average Bonchev–Trinajstić information content (AvgIpc) is 2.92. The molecule has 0 spiro atoms. The lowest BCUT2D eigenvalue weighted by molar-refractivity contribution is 0.282. The minimum absolute atomic E-state index is 0.0718. The SMILES string of the molecule is CNc1nc(NC(C)CCO)nc(-n2cccn2)n1. The monoisotopic (exact) mass is 263 g/mol. The van der Waals surface area contributed by atoms with Gasteiger partial charge in [0.25, 0.3) is 5.95 Å². The number of aromatic nitrogens is 5. The van der Waals surface area contributed by atoms with Crippen molar-refractivity contribution in [3.63, 3.8) is 0 Å². The zero-order chi connectivity index (χ0) is 13.7. The summed E-state index contributed by atoms with van der Waals surface area (Å²) in [5, 5.41) is 19.0. The number of aliphatic hydroxyl groups excluding tert-OH is 1. The zero-order valence-electron chi connectivity index (χ0n) is 10.9. The van der Waals surface area contributed by atoms with E-state index in [1.165, 1.54) is 0 Å². The van der Waals surface area contributed by atoms with E-state index >= 15 is 0 Å². The van der Waals surface area contributed by atoms with Crippen LogP contribution < -0.4 is 10.6 Å². The van der Waals surface area contributed by atoms with Gasteiger partial charge in [-0.3, -0.25) is 0 Å². The van der Waals surface area contributed by atoms with Crippen LogP contribution in [0.5, 0.6) is 0 Å². The summed E-state index contributed by atoms with van der Waals surface area (Å²) in [6, 6.07) is 1.87. The molecule has 1 unspecified atom stereocenters. The van der Waals surface area contributed by atoms with E-state index in [2.05, 4.69) is 30.7 Å². The highest BCUT2D eigenvalue weighted by molar-refractivity contribution is 5.37. The fourth-order valence-corrected chi connectivity index (χ4v) is 1.52. The Morgan fingerprint density at radius 2 is 2.11 bits per heavy atom. The number of nitrogens with zero attached hydrogens (tertiary/aromatic N) is 5. The molecule has 0 aromatic carbocycles. The van der Waals surface area contributed by atoms with Crippen molar-refractivity contribution in [1.82, 2.24) is 24.7 Å². The van der Waals surface area contributed by atoms with E-state index in [-0.39, 0.29) is 12.6 Å². The molecule has 0 saturated heterocycles. The summed E-state index contributed by atoms with van der Waals surface area (Å²) in [4.78, 5) is 12.7. The van der Waals surface area contributed by atoms with Gasteiger partial charge in [-0.15, -0.1) is 0 Å². The van der Waals surface area contributed by atoms with Crippen molar-refractivity contribution in [1.29, 1.82) is 0 Å². The van der Waals surface area contributed by atoms with Gasteiger partial charge < -0.3 is 15.7 Å². The molecule has 0 saturated carbocycles. The molecule has 19 heavy (non-hydrogen) atoms. The van der Waals surface area contributed by atoms with Gasteiger partial charge in [-0.2, -0.15) is 20.1 Å². The van der Waals surface area contributed by atoms with Crippen LogP contribution in [0.1, 0.15) is 13.3 Å². The maximum Gasteiger partial charge on any atom is 0.257 e. The predicted molar refractivity (Wildman–Crippen MR) is 71.3 cm³/mol. The Labute approximate surface area is 110 Å². The molecular formula is C11H17N7O. The lowest BCUT2D eigenvalue weighted by atomic mass is 10.2. The maximum absolute atomic E-state index is 8.90. The first-order chi connectivity index (χ1) is 9.22. The fraction of sp³-hybridized carbons (Fsp3) is 0.455. The average molecular weight is 263 g/mol. The molecule has 0 aliphatic heterocycles. The van der Waals surface area contributed by atoms with Gasteiger partial charge in [0.15, 0.2) is 0 Å². The minimum Gasteiger partial charge on any atom is -0.396 e. The largest absolute Gasteiger partial charge is 0.396 e. The van der Waals surface area contributed by atoms with Gasteiger partial charge in [0, 0.05) is 32.1 Å². The van der Waals surface area contributed by atoms with E-state index in [9.17, 15) is 0 Å². The van der Waals surface area contributed by atoms with Gasteiger partial charge >= 0.3 is 0 Å². The van der Waals surface area contributed by atoms with Crippen molar-refractivity contribution in [2.24, 2.45) is 0 Å². The molecule has 0 amide bonds. The van der Waals surface area contributed by atoms with E-state index in [4.69, 9.17) is 5.11 Å². The first kappa shape index (κ1) is 13.2. The summed E-state index contributed by atoms with van der Waals surface area (Å²) < 4.78 is 1.56. The Hall–Kier alpha value is -2.22. The van der Waals surface area contributed by atoms with Crippen LogP contribution in [0.4, 0.5) is 11.9 Å². The Kier molecular flexibility index (Phi) is 4.24. The third-order valence-corrected chi connectivity index (χ3v) is 2.49. The maximum atomic E-state index is 8.90. The molecule has 0 aliphatic rings. The van der Waals surface area contributed by atoms with Crippen LogP contribution in [0.25, 0.3) is 5.95 Å². The third-order valence-electron chi connectivity index (χ3n) is 2.49. The summed E-state index contributed by atoms with van der Waals surface area (Å²) in [5.74, 6) is 1.34. The molecule has 0 aliphatic carbocycles. The smallest absolute Gasteiger partial charge is 0.257 e. The summed E-state index contributed by atoms with van der Waals surface area (Å²) >= 11 is 0. The topological polar surface area (TPSA) is 101 Å². The van der Waals surface area contributed by atoms with Crippen molar-refractivity contribution in [3.05, 3.63) is 18.5 Å². The Morgan fingerprint density at radius 1 is 1.32 bits per heavy atom. The number of nitrogens with one attached hydrogen (secondary N) is 2. The standard InChI is InChI=1S/C11H17N7O/c1-8(4-7-19)14-10-15-9(12-2)16-11(17-10)18-6-3-5-13-18/h3,5-6,8,19H,4,7H2,1-2H3,(H2,12,14,15,16,17). The van der Waals surface area contributed by atoms with Crippen LogP contribution in [-0.4, -0.2) is 49.5 Å². The molecule has 2 aromatic heterocycles. The second-order valence-electron chi connectivity index (χ2n) is 4.04. The summed E-state index contributed by atoms with van der Waals surface area (Å²) in [5.41, 5.74) is 0. The Morgan fingerprint density at radius 3 is 2.74 bits per heavy atom. The molecular weight excluding hydrogens is 246 g/mol. The summed E-state index contributed by atoms with van der Waals surface area (Å²) in [6.45, 7) is 2.07. The molecule has 0 fully saturated rings. The molecule has 102 valence electrons. The minimum atomic E-state index is 0.0718. The van der Waals surface area contributed by atoms with Crippen molar-refractivity contribution < 1.29 is 5.11 Å². The molecule has 1 atom stereocenters. The molecule has 0 bridgehead atoms. The zero-order valence-corrected chi connectivity index (χ0v) is 10.9. The van der Waals surface area contributed by atoms with Gasteiger partial charge in [0.2, 0.25) is 11.9 Å². The van der Waals surface area contributed by atoms with Crippen LogP contribution in [0, 0.1) is 0 Å². The van der Waals surface area contributed by atoms with Crippen molar-refractivity contribution >= 4 is 11.9 Å². The number of aliphatic hydroxyl groups is 1. The molecule has 2 aromatic rings. The molecule has 2 heterocycles. The quantitative estimate of drug-likeness (QED) is 0.688. The van der Waals surface area contributed by atoms with Crippen LogP contribution in [0.15, 0.2) is 18.5 Å². The van der Waals surface area contributed by atoms with E-state index in [0.29, 0.717) is 24.3 Å². The lowest BCUT2D eigenvalue weighted by Crippen LogP contribution is -2.20. The molecule has 8 heteroatoms. The molecule has 3 N–H and O–H groups in total. The number of hydrogen-bond donors (Lipinski definition) is 3. The van der Waals surface area contributed by atoms with Gasteiger partial charge in [-0.05, 0) is 19.4 Å². The summed E-state index contributed by atoms with van der Waals surface area (Å²) in [7, 11) is 1.74. The second kappa shape index (κ2) is 6.10. The van der Waals surface area contributed by atoms with E-state index in [1.54, 1.807) is 30.2 Å². The Bertz CT molecular complexity index is 514. The summed E-state index contributed by atoms with van der Waals surface area (Å²) in [6.07, 6.45) is 4.04. The van der Waals surface area contributed by atoms with Crippen molar-refractivity contribution in [3.8, 4) is 5.95 Å². The molecule has 8 nitrogen and oxygen atoms in total. The molecule has 0 radical (unpaired) electrons. The van der Waals surface area contributed by atoms with Gasteiger partial charge in [0.05, 0.1) is 0 Å².